The molecule has 2 N–H and O–H groups in total. The van der Waals surface area contributed by atoms with Gasteiger partial charge in [-0.15, -0.1) is 6.58 Å². The number of allylic oxidation sites excluding steroid dienone is 1. The van der Waals surface area contributed by atoms with E-state index in [1.165, 1.54) is 0 Å². The van der Waals surface area contributed by atoms with E-state index in [0.29, 0.717) is 0 Å². The maximum absolute atomic E-state index is 9.44. The van der Waals surface area contributed by atoms with Gasteiger partial charge in [0, 0.05) is 0 Å². The molecule has 0 aromatic carbocycles. The molecule has 0 heterocycles. The molecule has 10 heavy (non-hydrogen) atoms. The van der Waals surface area contributed by atoms with Gasteiger partial charge in [-0.25, -0.2) is 4.31 Å². The maximum atomic E-state index is 9.44. The Hall–Kier alpha value is 0.0800. The minimum Gasteiger partial charge on any atom is -0.326 e. The molecule has 0 aliphatic carbocycles. The van der Waals surface area contributed by atoms with Crippen LogP contribution in [0, 0.1) is 0 Å². The van der Waals surface area contributed by atoms with E-state index in [1.54, 1.807) is 6.08 Å². The summed E-state index contributed by atoms with van der Waals surface area (Å²) < 4.78 is 22.3. The Balaban J connectivity index is 0. The van der Waals surface area contributed by atoms with Crippen molar-refractivity contribution >= 4 is 16.5 Å². The molecule has 0 saturated carbocycles. The molecule has 2 atom stereocenters. The predicted octanol–water partition coefficient (Wildman–Crippen LogP) is 0.959. The van der Waals surface area contributed by atoms with Gasteiger partial charge in [0.25, 0.3) is 0 Å². The van der Waals surface area contributed by atoms with Crippen LogP contribution in [-0.2, 0) is 13.4 Å². The molecule has 0 radical (unpaired) electrons. The molecule has 2 unspecified atom stereocenters. The lowest BCUT2D eigenvalue weighted by molar-refractivity contribution is 0.371. The molecule has 5 nitrogen and oxygen atoms in total. The standard InChI is InChI=1S/C3H6.H4O5P2/c1-3-2;1-6(2)5-7(3)4/h3H,1H2,2H3;6-7H,(H,1,2)(H,3,4). The van der Waals surface area contributed by atoms with Crippen LogP contribution >= 0.6 is 16.5 Å². The second-order valence-electron chi connectivity index (χ2n) is 1.04. The summed E-state index contributed by atoms with van der Waals surface area (Å²) in [5, 5.41) is 0. The van der Waals surface area contributed by atoms with Crippen LogP contribution in [0.2, 0.25) is 0 Å². The van der Waals surface area contributed by atoms with Gasteiger partial charge in [0.1, 0.15) is 0 Å². The Bertz CT molecular complexity index is 121. The second-order valence-corrected chi connectivity index (χ2v) is 2.92. The lowest BCUT2D eigenvalue weighted by atomic mass is 10.8. The first kappa shape index (κ1) is 12.7. The molecule has 7 heteroatoms. The molecule has 0 amide bonds. The van der Waals surface area contributed by atoms with E-state index < -0.39 is 16.5 Å². The van der Waals surface area contributed by atoms with Crippen molar-refractivity contribution in [1.29, 1.82) is 0 Å². The molecule has 0 rings (SSSR count). The third kappa shape index (κ3) is 24.3. The molecular formula is C3H10O5P2. The summed E-state index contributed by atoms with van der Waals surface area (Å²) in [6.45, 7) is 5.25. The summed E-state index contributed by atoms with van der Waals surface area (Å²) in [6, 6.07) is 0. The first-order valence-corrected chi connectivity index (χ1v) is 4.78. The Morgan fingerprint density at radius 3 is 1.60 bits per heavy atom. The largest absolute Gasteiger partial charge is 0.326 e. The number of hydrogen-bond donors (Lipinski definition) is 2. The van der Waals surface area contributed by atoms with E-state index in [0.717, 1.165) is 0 Å². The van der Waals surface area contributed by atoms with E-state index in [4.69, 9.17) is 9.79 Å². The predicted molar refractivity (Wildman–Crippen MR) is 39.4 cm³/mol. The normalized spacial score (nSPS) is 14.3. The van der Waals surface area contributed by atoms with Crippen LogP contribution in [0.5, 0.6) is 0 Å². The Morgan fingerprint density at radius 1 is 1.40 bits per heavy atom. The third-order valence-electron chi connectivity index (χ3n) is 0.175. The average molecular weight is 188 g/mol. The fourth-order valence-corrected chi connectivity index (χ4v) is 0.672. The zero-order valence-electron chi connectivity index (χ0n) is 5.40. The molecule has 0 aliphatic heterocycles. The van der Waals surface area contributed by atoms with Crippen LogP contribution in [0.25, 0.3) is 0 Å². The van der Waals surface area contributed by atoms with E-state index in [-0.39, 0.29) is 0 Å². The molecule has 0 bridgehead atoms. The molecule has 0 aliphatic rings. The minimum absolute atomic E-state index is 1.75. The van der Waals surface area contributed by atoms with E-state index in [2.05, 4.69) is 10.9 Å². The average Bonchev–Trinajstić information content (AvgIpc) is 1.62. The van der Waals surface area contributed by atoms with Crippen molar-refractivity contribution in [2.45, 2.75) is 6.92 Å². The van der Waals surface area contributed by atoms with E-state index in [9.17, 15) is 9.13 Å². The van der Waals surface area contributed by atoms with Gasteiger partial charge >= 0.3 is 16.5 Å². The highest BCUT2D eigenvalue weighted by Gasteiger charge is 1.93. The Labute approximate surface area is 60.2 Å². The van der Waals surface area contributed by atoms with Crippen molar-refractivity contribution in [1.82, 2.24) is 0 Å². The molecule has 0 saturated heterocycles. The quantitative estimate of drug-likeness (QED) is 0.498. The topological polar surface area (TPSA) is 83.8 Å². The van der Waals surface area contributed by atoms with Gasteiger partial charge in [-0.05, 0) is 6.92 Å². The smallest absolute Gasteiger partial charge is 0.323 e. The van der Waals surface area contributed by atoms with Crippen LogP contribution in [0.15, 0.2) is 12.7 Å². The summed E-state index contributed by atoms with van der Waals surface area (Å²) in [5.74, 6) is 0. The van der Waals surface area contributed by atoms with Gasteiger partial charge < -0.3 is 9.79 Å². The molecule has 0 spiro atoms. The van der Waals surface area contributed by atoms with Gasteiger partial charge in [-0.3, -0.25) is 9.13 Å². The van der Waals surface area contributed by atoms with Crippen LogP contribution in [0.4, 0.5) is 0 Å². The monoisotopic (exact) mass is 188 g/mol. The summed E-state index contributed by atoms with van der Waals surface area (Å²) in [4.78, 5) is 15.4. The first-order chi connectivity index (χ1) is 4.54. The molecular weight excluding hydrogens is 178 g/mol. The number of rotatable bonds is 2. The third-order valence-corrected chi connectivity index (χ3v) is 1.57. The van der Waals surface area contributed by atoms with Crippen molar-refractivity contribution in [3.05, 3.63) is 12.7 Å². The van der Waals surface area contributed by atoms with Crippen molar-refractivity contribution in [2.75, 3.05) is 0 Å². The minimum atomic E-state index is -3.20. The summed E-state index contributed by atoms with van der Waals surface area (Å²) in [5.41, 5.74) is 0. The van der Waals surface area contributed by atoms with Crippen molar-refractivity contribution < 1.29 is 23.2 Å². The summed E-state index contributed by atoms with van der Waals surface area (Å²) in [7, 11) is -6.40. The molecule has 0 fully saturated rings. The number of hydrogen-bond acceptors (Lipinski definition) is 3. The van der Waals surface area contributed by atoms with Crippen LogP contribution < -0.4 is 0 Å². The van der Waals surface area contributed by atoms with Crippen molar-refractivity contribution in [2.24, 2.45) is 0 Å². The SMILES string of the molecule is C=CC.O=[PH](O)O[PH](=O)O. The molecule has 0 aromatic rings. The van der Waals surface area contributed by atoms with Gasteiger partial charge in [-0.1, -0.05) is 6.08 Å². The van der Waals surface area contributed by atoms with Crippen LogP contribution in [0.1, 0.15) is 6.92 Å². The summed E-state index contributed by atoms with van der Waals surface area (Å²) >= 11 is 0. The Morgan fingerprint density at radius 2 is 1.60 bits per heavy atom. The lowest BCUT2D eigenvalue weighted by Gasteiger charge is -1.86. The second kappa shape index (κ2) is 9.08. The van der Waals surface area contributed by atoms with Crippen LogP contribution in [0.3, 0.4) is 0 Å². The van der Waals surface area contributed by atoms with Gasteiger partial charge in [-0.2, -0.15) is 0 Å². The zero-order chi connectivity index (χ0) is 8.57. The Kier molecular flexibility index (Phi) is 11.6. The van der Waals surface area contributed by atoms with E-state index in [1.807, 2.05) is 6.92 Å². The fourth-order valence-electron chi connectivity index (χ4n) is 0.0747. The van der Waals surface area contributed by atoms with E-state index >= 15 is 0 Å². The molecule has 62 valence electrons. The fraction of sp³-hybridized carbons (Fsp3) is 0.333. The maximum Gasteiger partial charge on any atom is 0.323 e. The van der Waals surface area contributed by atoms with Gasteiger partial charge in [0.15, 0.2) is 0 Å². The van der Waals surface area contributed by atoms with Crippen LogP contribution in [-0.4, -0.2) is 9.79 Å². The van der Waals surface area contributed by atoms with Crippen molar-refractivity contribution in [3.63, 3.8) is 0 Å². The highest BCUT2D eigenvalue weighted by molar-refractivity contribution is 7.46. The van der Waals surface area contributed by atoms with Gasteiger partial charge in [0.2, 0.25) is 0 Å². The first-order valence-electron chi connectivity index (χ1n) is 2.25. The highest BCUT2D eigenvalue weighted by atomic mass is 31.2. The lowest BCUT2D eigenvalue weighted by Crippen LogP contribution is -1.58. The van der Waals surface area contributed by atoms with Gasteiger partial charge in [0.05, 0.1) is 0 Å². The van der Waals surface area contributed by atoms with Crippen molar-refractivity contribution in [3.8, 4) is 0 Å². The zero-order valence-corrected chi connectivity index (χ0v) is 7.40. The highest BCUT2D eigenvalue weighted by Crippen LogP contribution is 2.30. The summed E-state index contributed by atoms with van der Waals surface area (Å²) in [6.07, 6.45) is 1.75. The molecule has 0 aromatic heterocycles.